The third-order valence-electron chi connectivity index (χ3n) is 4.65. The van der Waals surface area contributed by atoms with E-state index in [4.69, 9.17) is 10.00 Å². The van der Waals surface area contributed by atoms with E-state index in [9.17, 15) is 14.4 Å². The van der Waals surface area contributed by atoms with Crippen LogP contribution in [0, 0.1) is 39.0 Å². The monoisotopic (exact) mass is 381 g/mol. The second kappa shape index (κ2) is 9.00. The SMILES string of the molecule is Cc1ccc(NC(=O)COC(=O)CCc2c(C)[nH]c(=O)c(C#N)c2C)cc1C. The Morgan fingerprint density at radius 2 is 1.89 bits per heavy atom. The van der Waals surface area contributed by atoms with Crippen LogP contribution in [0.5, 0.6) is 0 Å². The number of pyridine rings is 1. The highest BCUT2D eigenvalue weighted by molar-refractivity contribution is 5.92. The van der Waals surface area contributed by atoms with E-state index in [2.05, 4.69) is 10.3 Å². The second-order valence-electron chi connectivity index (χ2n) is 6.68. The number of nitrogens with zero attached hydrogens (tertiary/aromatic N) is 1. The fraction of sp³-hybridized carbons (Fsp3) is 0.333. The summed E-state index contributed by atoms with van der Waals surface area (Å²) in [7, 11) is 0. The number of esters is 1. The predicted octanol–water partition coefficient (Wildman–Crippen LogP) is 2.59. The number of aryl methyl sites for hydroxylation is 3. The molecule has 0 radical (unpaired) electrons. The number of hydrogen-bond acceptors (Lipinski definition) is 5. The molecule has 7 nitrogen and oxygen atoms in total. The Kier molecular flexibility index (Phi) is 6.72. The van der Waals surface area contributed by atoms with Gasteiger partial charge in [0, 0.05) is 17.8 Å². The van der Waals surface area contributed by atoms with Gasteiger partial charge >= 0.3 is 5.97 Å². The van der Waals surface area contributed by atoms with Gasteiger partial charge in [0.05, 0.1) is 0 Å². The predicted molar refractivity (Wildman–Crippen MR) is 105 cm³/mol. The van der Waals surface area contributed by atoms with Gasteiger partial charge in [-0.05, 0) is 68.5 Å². The van der Waals surface area contributed by atoms with Gasteiger partial charge in [-0.2, -0.15) is 5.26 Å². The Morgan fingerprint density at radius 1 is 1.18 bits per heavy atom. The van der Waals surface area contributed by atoms with Crippen LogP contribution in [-0.2, 0) is 20.7 Å². The third kappa shape index (κ3) is 5.07. The lowest BCUT2D eigenvalue weighted by Crippen LogP contribution is -2.21. The summed E-state index contributed by atoms with van der Waals surface area (Å²) in [5, 5.41) is 11.8. The van der Waals surface area contributed by atoms with Crippen LogP contribution >= 0.6 is 0 Å². The van der Waals surface area contributed by atoms with Crippen molar-refractivity contribution in [1.29, 1.82) is 5.26 Å². The first-order valence-corrected chi connectivity index (χ1v) is 8.88. The Balaban J connectivity index is 1.89. The summed E-state index contributed by atoms with van der Waals surface area (Å²) in [6, 6.07) is 7.42. The van der Waals surface area contributed by atoms with Gasteiger partial charge in [-0.15, -0.1) is 0 Å². The molecule has 0 aliphatic heterocycles. The smallest absolute Gasteiger partial charge is 0.306 e. The van der Waals surface area contributed by atoms with Crippen molar-refractivity contribution in [3.05, 3.63) is 62.1 Å². The number of nitriles is 1. The molecule has 0 saturated carbocycles. The number of anilines is 1. The molecule has 2 aromatic rings. The molecular formula is C21H23N3O4. The molecule has 0 aliphatic carbocycles. The summed E-state index contributed by atoms with van der Waals surface area (Å²) in [5.41, 5.74) is 4.33. The number of hydrogen-bond donors (Lipinski definition) is 2. The molecule has 7 heteroatoms. The lowest BCUT2D eigenvalue weighted by molar-refractivity contribution is -0.147. The zero-order valence-corrected chi connectivity index (χ0v) is 16.4. The Bertz CT molecular complexity index is 1020. The topological polar surface area (TPSA) is 112 Å². The van der Waals surface area contributed by atoms with Crippen molar-refractivity contribution in [2.75, 3.05) is 11.9 Å². The molecule has 0 bridgehead atoms. The number of benzene rings is 1. The lowest BCUT2D eigenvalue weighted by Gasteiger charge is -2.11. The summed E-state index contributed by atoms with van der Waals surface area (Å²) in [5.74, 6) is -0.946. The van der Waals surface area contributed by atoms with Crippen LogP contribution in [0.25, 0.3) is 0 Å². The Morgan fingerprint density at radius 3 is 2.54 bits per heavy atom. The fourth-order valence-electron chi connectivity index (χ4n) is 2.88. The minimum atomic E-state index is -0.529. The average molecular weight is 381 g/mol. The standard InChI is InChI=1S/C21H23N3O4/c1-12-5-6-16(9-13(12)2)24-19(25)11-28-20(26)8-7-17-14(3)18(10-22)21(27)23-15(17)4/h5-6,9H,7-8,11H2,1-4H3,(H,23,27)(H,24,25). The molecule has 146 valence electrons. The molecule has 0 unspecified atom stereocenters. The van der Waals surface area contributed by atoms with Gasteiger partial charge in [-0.25, -0.2) is 0 Å². The maximum absolute atomic E-state index is 12.0. The van der Waals surface area contributed by atoms with Gasteiger partial charge in [-0.1, -0.05) is 6.07 Å². The molecule has 1 heterocycles. The van der Waals surface area contributed by atoms with E-state index < -0.39 is 17.4 Å². The maximum atomic E-state index is 12.0. The van der Waals surface area contributed by atoms with Gasteiger partial charge in [0.15, 0.2) is 6.61 Å². The Labute approximate surface area is 163 Å². The van der Waals surface area contributed by atoms with E-state index in [1.165, 1.54) is 0 Å². The van der Waals surface area contributed by atoms with Crippen molar-refractivity contribution in [2.24, 2.45) is 0 Å². The van der Waals surface area contributed by atoms with Crippen LogP contribution in [-0.4, -0.2) is 23.5 Å². The highest BCUT2D eigenvalue weighted by atomic mass is 16.5. The lowest BCUT2D eigenvalue weighted by atomic mass is 9.99. The minimum absolute atomic E-state index is 0.0372. The summed E-state index contributed by atoms with van der Waals surface area (Å²) in [6.45, 7) is 6.95. The van der Waals surface area contributed by atoms with Gasteiger partial charge < -0.3 is 15.0 Å². The molecule has 28 heavy (non-hydrogen) atoms. The molecule has 1 aromatic heterocycles. The van der Waals surface area contributed by atoms with E-state index in [1.807, 2.05) is 32.0 Å². The number of carbonyl (C=O) groups is 2. The minimum Gasteiger partial charge on any atom is -0.456 e. The van der Waals surface area contributed by atoms with Crippen molar-refractivity contribution in [1.82, 2.24) is 4.98 Å². The second-order valence-corrected chi connectivity index (χ2v) is 6.68. The number of H-pyrrole nitrogens is 1. The molecule has 2 rings (SSSR count). The van der Waals surface area contributed by atoms with Crippen LogP contribution in [0.1, 0.15) is 39.9 Å². The van der Waals surface area contributed by atoms with Crippen LogP contribution in [0.15, 0.2) is 23.0 Å². The van der Waals surface area contributed by atoms with Crippen molar-refractivity contribution in [2.45, 2.75) is 40.5 Å². The molecule has 0 aliphatic rings. The van der Waals surface area contributed by atoms with Crippen molar-refractivity contribution in [3.63, 3.8) is 0 Å². The van der Waals surface area contributed by atoms with E-state index >= 15 is 0 Å². The highest BCUT2D eigenvalue weighted by Crippen LogP contribution is 2.16. The number of aromatic nitrogens is 1. The van der Waals surface area contributed by atoms with Gasteiger partial charge in [0.1, 0.15) is 11.6 Å². The molecule has 0 saturated heterocycles. The van der Waals surface area contributed by atoms with Crippen molar-refractivity contribution >= 4 is 17.6 Å². The highest BCUT2D eigenvalue weighted by Gasteiger charge is 2.14. The number of nitrogens with one attached hydrogen (secondary N) is 2. The molecule has 0 atom stereocenters. The summed E-state index contributed by atoms with van der Waals surface area (Å²) in [4.78, 5) is 38.3. The van der Waals surface area contributed by atoms with Crippen LogP contribution < -0.4 is 10.9 Å². The van der Waals surface area contributed by atoms with Gasteiger partial charge in [0.25, 0.3) is 11.5 Å². The summed E-state index contributed by atoms with van der Waals surface area (Å²) in [6.07, 6.45) is 0.344. The zero-order valence-electron chi connectivity index (χ0n) is 16.4. The van der Waals surface area contributed by atoms with E-state index in [1.54, 1.807) is 19.9 Å². The third-order valence-corrected chi connectivity index (χ3v) is 4.65. The first kappa shape index (κ1) is 20.9. The van der Waals surface area contributed by atoms with Gasteiger partial charge in [-0.3, -0.25) is 14.4 Å². The van der Waals surface area contributed by atoms with E-state index in [0.717, 1.165) is 16.7 Å². The molecular weight excluding hydrogens is 358 g/mol. The zero-order chi connectivity index (χ0) is 20.8. The fourth-order valence-corrected chi connectivity index (χ4v) is 2.88. The number of aromatic amines is 1. The molecule has 1 amide bonds. The number of rotatable bonds is 6. The molecule has 2 N–H and O–H groups in total. The average Bonchev–Trinajstić information content (AvgIpc) is 2.63. The van der Waals surface area contributed by atoms with Crippen LogP contribution in [0.4, 0.5) is 5.69 Å². The number of amides is 1. The normalized spacial score (nSPS) is 10.2. The molecule has 0 spiro atoms. The summed E-state index contributed by atoms with van der Waals surface area (Å²) >= 11 is 0. The largest absolute Gasteiger partial charge is 0.456 e. The maximum Gasteiger partial charge on any atom is 0.306 e. The van der Waals surface area contributed by atoms with E-state index in [0.29, 0.717) is 23.4 Å². The van der Waals surface area contributed by atoms with Crippen LogP contribution in [0.2, 0.25) is 0 Å². The Hall–Kier alpha value is -3.40. The first-order valence-electron chi connectivity index (χ1n) is 8.88. The van der Waals surface area contributed by atoms with Crippen LogP contribution in [0.3, 0.4) is 0 Å². The molecule has 1 aromatic carbocycles. The van der Waals surface area contributed by atoms with Crippen molar-refractivity contribution in [3.8, 4) is 6.07 Å². The van der Waals surface area contributed by atoms with Crippen molar-refractivity contribution < 1.29 is 14.3 Å². The number of carbonyl (C=O) groups excluding carboxylic acids is 2. The first-order chi connectivity index (χ1) is 13.2. The van der Waals surface area contributed by atoms with E-state index in [-0.39, 0.29) is 18.6 Å². The number of ether oxygens (including phenoxy) is 1. The summed E-state index contributed by atoms with van der Waals surface area (Å²) < 4.78 is 5.02. The quantitative estimate of drug-likeness (QED) is 0.747. The van der Waals surface area contributed by atoms with Gasteiger partial charge in [0.2, 0.25) is 0 Å². The molecule has 0 fully saturated rings.